The molecule has 0 heterocycles. The predicted molar refractivity (Wildman–Crippen MR) is 272 cm³/mol. The van der Waals surface area contributed by atoms with E-state index in [1.165, 1.54) is 93.9 Å². The van der Waals surface area contributed by atoms with Gasteiger partial charge in [0.25, 0.3) is 0 Å². The van der Waals surface area contributed by atoms with Crippen LogP contribution in [-0.2, 0) is 5.41 Å². The Morgan fingerprint density at radius 1 is 0.349 bits per heavy atom. The number of nitrogens with zero attached hydrogens (tertiary/aromatic N) is 2. The lowest BCUT2D eigenvalue weighted by molar-refractivity contribution is 0.0965. The number of anilines is 6. The molecule has 0 aromatic heterocycles. The first-order chi connectivity index (χ1) is 30.2. The fraction of sp³-hybridized carbons (Fsp3) is 0.213. The maximum atomic E-state index is 2.61. The average Bonchev–Trinajstić information content (AvgIpc) is 3.61. The minimum absolute atomic E-state index is 0.204. The van der Waals surface area contributed by atoms with Crippen LogP contribution >= 0.6 is 0 Å². The van der Waals surface area contributed by atoms with Crippen LogP contribution in [0.4, 0.5) is 34.1 Å². The smallest absolute Gasteiger partial charge is 0.0543 e. The van der Waals surface area contributed by atoms with Crippen molar-refractivity contribution in [3.8, 4) is 11.1 Å². The molecule has 0 aliphatic heterocycles. The zero-order valence-corrected chi connectivity index (χ0v) is 38.6. The summed E-state index contributed by atoms with van der Waals surface area (Å²) in [6.45, 7) is 23.8. The van der Waals surface area contributed by atoms with Crippen molar-refractivity contribution in [3.05, 3.63) is 203 Å². The van der Waals surface area contributed by atoms with Gasteiger partial charge in [0.2, 0.25) is 0 Å². The predicted octanol–water partition coefficient (Wildman–Crippen LogP) is 17.7. The molecule has 0 amide bonds. The van der Waals surface area contributed by atoms with Gasteiger partial charge in [-0.2, -0.15) is 0 Å². The first-order valence-electron chi connectivity index (χ1n) is 22.6. The molecule has 0 spiro atoms. The molecular weight excluding hydrogens is 761 g/mol. The summed E-state index contributed by atoms with van der Waals surface area (Å²) in [5.74, 6) is 0. The zero-order chi connectivity index (χ0) is 44.0. The number of aryl methyl sites for hydroxylation is 4. The number of para-hydroxylation sites is 2. The highest BCUT2D eigenvalue weighted by atomic mass is 15.2. The summed E-state index contributed by atoms with van der Waals surface area (Å²) in [5, 5.41) is 7.73. The van der Waals surface area contributed by atoms with Gasteiger partial charge in [-0.15, -0.1) is 0 Å². The van der Waals surface area contributed by atoms with Gasteiger partial charge in [0.15, 0.2) is 0 Å². The Kier molecular flexibility index (Phi) is 9.46. The first kappa shape index (κ1) is 40.4. The van der Waals surface area contributed by atoms with E-state index in [9.17, 15) is 0 Å². The lowest BCUT2D eigenvalue weighted by Gasteiger charge is -2.53. The quantitative estimate of drug-likeness (QED) is 0.154. The van der Waals surface area contributed by atoms with Gasteiger partial charge in [-0.05, 0) is 165 Å². The van der Waals surface area contributed by atoms with Crippen LogP contribution in [0.5, 0.6) is 0 Å². The van der Waals surface area contributed by atoms with Gasteiger partial charge >= 0.3 is 0 Å². The van der Waals surface area contributed by atoms with Crippen LogP contribution < -0.4 is 9.80 Å². The zero-order valence-electron chi connectivity index (χ0n) is 38.6. The lowest BCUT2D eigenvalue weighted by Crippen LogP contribution is -2.50. The normalized spacial score (nSPS) is 13.4. The Labute approximate surface area is 374 Å². The van der Waals surface area contributed by atoms with Crippen LogP contribution in [0.2, 0.25) is 0 Å². The lowest BCUT2D eigenvalue weighted by atomic mass is 9.49. The third-order valence-corrected chi connectivity index (χ3v) is 14.0. The van der Waals surface area contributed by atoms with Gasteiger partial charge in [-0.3, -0.25) is 0 Å². The second-order valence-electron chi connectivity index (χ2n) is 20.1. The van der Waals surface area contributed by atoms with E-state index in [0.29, 0.717) is 0 Å². The molecule has 9 aromatic carbocycles. The van der Waals surface area contributed by atoms with Gasteiger partial charge in [0.1, 0.15) is 0 Å². The second-order valence-corrected chi connectivity index (χ2v) is 20.1. The molecule has 0 saturated heterocycles. The van der Waals surface area contributed by atoms with Crippen LogP contribution in [0.15, 0.2) is 170 Å². The van der Waals surface area contributed by atoms with E-state index in [-0.39, 0.29) is 10.8 Å². The van der Waals surface area contributed by atoms with Gasteiger partial charge in [0, 0.05) is 39.2 Å². The van der Waals surface area contributed by atoms with Crippen molar-refractivity contribution < 1.29 is 0 Å². The monoisotopic (exact) mass is 818 g/mol. The van der Waals surface area contributed by atoms with E-state index in [4.69, 9.17) is 0 Å². The number of fused-ring (bicyclic) bond motifs is 10. The van der Waals surface area contributed by atoms with E-state index in [1.54, 1.807) is 0 Å². The molecule has 10 rings (SSSR count). The van der Waals surface area contributed by atoms with Crippen molar-refractivity contribution in [1.82, 2.24) is 0 Å². The number of hydrogen-bond donors (Lipinski definition) is 0. The molecular formula is C61H58N2. The van der Waals surface area contributed by atoms with E-state index in [0.717, 1.165) is 17.1 Å². The molecule has 0 unspecified atom stereocenters. The Bertz CT molecular complexity index is 3220. The Hall–Kier alpha value is -6.64. The Morgan fingerprint density at radius 3 is 1.38 bits per heavy atom. The third kappa shape index (κ3) is 6.13. The van der Waals surface area contributed by atoms with Crippen molar-refractivity contribution >= 4 is 66.4 Å². The fourth-order valence-electron chi connectivity index (χ4n) is 11.8. The molecule has 0 bridgehead atoms. The second kappa shape index (κ2) is 14.7. The summed E-state index contributed by atoms with van der Waals surface area (Å²) < 4.78 is 0. The molecule has 2 heteroatoms. The summed E-state index contributed by atoms with van der Waals surface area (Å²) >= 11 is 0. The summed E-state index contributed by atoms with van der Waals surface area (Å²) in [5.41, 5.74) is 16.8. The molecule has 0 radical (unpaired) electrons. The average molecular weight is 819 g/mol. The fourth-order valence-corrected chi connectivity index (χ4v) is 11.8. The minimum atomic E-state index is -0.413. The van der Waals surface area contributed by atoms with E-state index in [2.05, 4.69) is 249 Å². The topological polar surface area (TPSA) is 6.48 Å². The van der Waals surface area contributed by atoms with Crippen molar-refractivity contribution in [2.45, 2.75) is 74.7 Å². The minimum Gasteiger partial charge on any atom is -0.310 e. The van der Waals surface area contributed by atoms with Crippen LogP contribution in [0.25, 0.3) is 43.4 Å². The molecule has 312 valence electrons. The SMILES string of the molecule is Cc1ccc(C)c(N(c2ccccc2)c2ccc3c4c(c5ccccc5c3c2)-c2c(cc(N(c3ccccc3)c3cc(C)ccc3C)c3ccccc23)C4(C(C)(C)C)C(C)(C)C)c1. The number of rotatable bonds is 6. The van der Waals surface area contributed by atoms with E-state index in [1.807, 2.05) is 0 Å². The Morgan fingerprint density at radius 2 is 0.825 bits per heavy atom. The molecule has 1 aliphatic rings. The third-order valence-electron chi connectivity index (χ3n) is 14.0. The summed E-state index contributed by atoms with van der Waals surface area (Å²) in [4.78, 5) is 4.97. The highest BCUT2D eigenvalue weighted by Crippen LogP contribution is 2.69. The first-order valence-corrected chi connectivity index (χ1v) is 22.6. The van der Waals surface area contributed by atoms with Gasteiger partial charge in [-0.25, -0.2) is 0 Å². The largest absolute Gasteiger partial charge is 0.310 e. The summed E-state index contributed by atoms with van der Waals surface area (Å²) in [7, 11) is 0. The van der Waals surface area contributed by atoms with Crippen molar-refractivity contribution in [2.75, 3.05) is 9.80 Å². The molecule has 0 atom stereocenters. The van der Waals surface area contributed by atoms with Crippen molar-refractivity contribution in [3.63, 3.8) is 0 Å². The van der Waals surface area contributed by atoms with Gasteiger partial charge in [-0.1, -0.05) is 157 Å². The maximum Gasteiger partial charge on any atom is 0.0543 e. The highest BCUT2D eigenvalue weighted by Gasteiger charge is 2.59. The molecule has 1 aliphatic carbocycles. The molecule has 0 saturated carbocycles. The number of benzene rings is 9. The standard InChI is InChI=1S/C61H58N2/c1-39-29-31-41(3)53(35-39)62(43-21-13-11-14-22-43)45-33-34-50-51(37-45)46-25-17-19-27-48(46)57-56-49-28-20-18-26-47(49)55(38-52(56)61(58(50)57,59(5,6)7)60(8,9)10)63(44-23-15-12-16-24-44)54-36-40(2)30-32-42(54)4/h11-38H,1-10H3. The van der Waals surface area contributed by atoms with Gasteiger partial charge < -0.3 is 9.80 Å². The van der Waals surface area contributed by atoms with Crippen LogP contribution in [0, 0.1) is 38.5 Å². The summed E-state index contributed by atoms with van der Waals surface area (Å²) in [6, 6.07) is 63.8. The molecule has 2 nitrogen and oxygen atoms in total. The number of hydrogen-bond acceptors (Lipinski definition) is 2. The van der Waals surface area contributed by atoms with Crippen LogP contribution in [0.1, 0.15) is 74.9 Å². The molecule has 63 heavy (non-hydrogen) atoms. The molecule has 9 aromatic rings. The van der Waals surface area contributed by atoms with E-state index >= 15 is 0 Å². The maximum absolute atomic E-state index is 2.61. The summed E-state index contributed by atoms with van der Waals surface area (Å²) in [6.07, 6.45) is 0. The molecule has 0 fully saturated rings. The molecule has 0 N–H and O–H groups in total. The Balaban J connectivity index is 1.36. The van der Waals surface area contributed by atoms with Crippen LogP contribution in [-0.4, -0.2) is 0 Å². The highest BCUT2D eigenvalue weighted by molar-refractivity contribution is 6.23. The van der Waals surface area contributed by atoms with E-state index < -0.39 is 5.41 Å². The van der Waals surface area contributed by atoms with Crippen molar-refractivity contribution in [1.29, 1.82) is 0 Å². The van der Waals surface area contributed by atoms with Gasteiger partial charge in [0.05, 0.1) is 5.69 Å². The van der Waals surface area contributed by atoms with Crippen LogP contribution in [0.3, 0.4) is 0 Å². The van der Waals surface area contributed by atoms with Crippen molar-refractivity contribution in [2.24, 2.45) is 10.8 Å².